The normalized spacial score (nSPS) is 15.1. The van der Waals surface area contributed by atoms with E-state index in [0.717, 1.165) is 11.1 Å². The fourth-order valence-corrected chi connectivity index (χ4v) is 3.44. The molecular weight excluding hydrogens is 411 g/mol. The van der Waals surface area contributed by atoms with Crippen LogP contribution < -0.4 is 4.74 Å². The first kappa shape index (κ1) is 20.9. The maximum Gasteiger partial charge on any atom is 0.573 e. The molecule has 9 heteroatoms. The summed E-state index contributed by atoms with van der Waals surface area (Å²) in [6.07, 6.45) is -4.70. The van der Waals surface area contributed by atoms with Gasteiger partial charge in [0.15, 0.2) is 0 Å². The van der Waals surface area contributed by atoms with E-state index in [9.17, 15) is 18.0 Å². The van der Waals surface area contributed by atoms with Crippen molar-refractivity contribution >= 4 is 5.91 Å². The maximum atomic E-state index is 12.7. The van der Waals surface area contributed by atoms with Gasteiger partial charge in [-0.15, -0.1) is 13.2 Å². The van der Waals surface area contributed by atoms with E-state index in [0.29, 0.717) is 38.4 Å². The molecule has 1 fully saturated rings. The number of alkyl halides is 3. The fourth-order valence-electron chi connectivity index (χ4n) is 3.44. The van der Waals surface area contributed by atoms with E-state index in [2.05, 4.69) is 14.8 Å². The maximum absolute atomic E-state index is 12.7. The third kappa shape index (κ3) is 5.43. The van der Waals surface area contributed by atoms with Crippen LogP contribution in [0.1, 0.15) is 16.1 Å². The van der Waals surface area contributed by atoms with Gasteiger partial charge >= 0.3 is 6.36 Å². The lowest BCUT2D eigenvalue weighted by Crippen LogP contribution is -2.48. The first-order chi connectivity index (χ1) is 14.9. The van der Waals surface area contributed by atoms with Crippen molar-refractivity contribution in [3.63, 3.8) is 0 Å². The SMILES string of the molecule is O=C(c1cc(-c2ccccc2)no1)N1CCN(Cc2ccc(OC(F)(F)F)cc2)CC1. The Morgan fingerprint density at radius 1 is 1.00 bits per heavy atom. The first-order valence-electron chi connectivity index (χ1n) is 9.76. The molecule has 1 aromatic heterocycles. The van der Waals surface area contributed by atoms with Crippen LogP contribution in [-0.4, -0.2) is 53.4 Å². The molecule has 1 saturated heterocycles. The van der Waals surface area contributed by atoms with Crippen LogP contribution in [0, 0.1) is 0 Å². The summed E-state index contributed by atoms with van der Waals surface area (Å²) in [5.74, 6) is -0.246. The van der Waals surface area contributed by atoms with E-state index in [1.54, 1.807) is 23.1 Å². The minimum absolute atomic E-state index is 0.201. The summed E-state index contributed by atoms with van der Waals surface area (Å²) in [7, 11) is 0. The van der Waals surface area contributed by atoms with Gasteiger partial charge in [0, 0.05) is 44.4 Å². The number of piperazine rings is 1. The molecule has 1 aliphatic heterocycles. The molecule has 2 aromatic carbocycles. The lowest BCUT2D eigenvalue weighted by Gasteiger charge is -2.34. The minimum Gasteiger partial charge on any atom is -0.406 e. The van der Waals surface area contributed by atoms with Gasteiger partial charge in [-0.05, 0) is 17.7 Å². The summed E-state index contributed by atoms with van der Waals surface area (Å²) < 4.78 is 45.9. The van der Waals surface area contributed by atoms with Gasteiger partial charge in [0.05, 0.1) is 0 Å². The third-order valence-corrected chi connectivity index (χ3v) is 5.01. The minimum atomic E-state index is -4.70. The van der Waals surface area contributed by atoms with E-state index in [1.807, 2.05) is 30.3 Å². The molecule has 2 heterocycles. The van der Waals surface area contributed by atoms with E-state index >= 15 is 0 Å². The van der Waals surface area contributed by atoms with Crippen LogP contribution in [0.4, 0.5) is 13.2 Å². The second-order valence-corrected chi connectivity index (χ2v) is 7.20. The van der Waals surface area contributed by atoms with E-state index in [1.165, 1.54) is 12.1 Å². The van der Waals surface area contributed by atoms with Gasteiger partial charge in [-0.1, -0.05) is 47.6 Å². The monoisotopic (exact) mass is 431 g/mol. The number of amides is 1. The highest BCUT2D eigenvalue weighted by molar-refractivity contribution is 5.92. The van der Waals surface area contributed by atoms with E-state index in [4.69, 9.17) is 4.52 Å². The number of halogens is 3. The van der Waals surface area contributed by atoms with Crippen LogP contribution in [0.5, 0.6) is 5.75 Å². The quantitative estimate of drug-likeness (QED) is 0.606. The van der Waals surface area contributed by atoms with Gasteiger partial charge in [-0.25, -0.2) is 0 Å². The molecule has 0 saturated carbocycles. The molecule has 0 atom stereocenters. The highest BCUT2D eigenvalue weighted by Crippen LogP contribution is 2.23. The summed E-state index contributed by atoms with van der Waals surface area (Å²) in [5.41, 5.74) is 2.36. The Morgan fingerprint density at radius 3 is 2.32 bits per heavy atom. The Kier molecular flexibility index (Phi) is 5.94. The Labute approximate surface area is 176 Å². The third-order valence-electron chi connectivity index (χ3n) is 5.01. The van der Waals surface area contributed by atoms with Crippen LogP contribution in [0.25, 0.3) is 11.3 Å². The van der Waals surface area contributed by atoms with Crippen LogP contribution in [-0.2, 0) is 6.54 Å². The first-order valence-corrected chi connectivity index (χ1v) is 9.76. The lowest BCUT2D eigenvalue weighted by atomic mass is 10.1. The average Bonchev–Trinajstić information content (AvgIpc) is 3.25. The van der Waals surface area contributed by atoms with Crippen LogP contribution in [0.3, 0.4) is 0 Å². The van der Waals surface area contributed by atoms with Gasteiger partial charge in [0.1, 0.15) is 11.4 Å². The fraction of sp³-hybridized carbons (Fsp3) is 0.273. The highest BCUT2D eigenvalue weighted by Gasteiger charge is 2.31. The molecule has 31 heavy (non-hydrogen) atoms. The summed E-state index contributed by atoms with van der Waals surface area (Å²) in [6.45, 7) is 2.91. The standard InChI is InChI=1S/C22H20F3N3O3/c23-22(24,25)30-18-8-6-16(7-9-18)15-27-10-12-28(13-11-27)21(29)20-14-19(26-31-20)17-4-2-1-3-5-17/h1-9,14H,10-13,15H2. The number of hydrogen-bond acceptors (Lipinski definition) is 5. The number of ether oxygens (including phenoxy) is 1. The largest absolute Gasteiger partial charge is 0.573 e. The van der Waals surface area contributed by atoms with Crippen molar-refractivity contribution in [1.29, 1.82) is 0 Å². The number of hydrogen-bond donors (Lipinski definition) is 0. The van der Waals surface area contributed by atoms with Crippen molar-refractivity contribution in [3.8, 4) is 17.0 Å². The molecule has 4 rings (SSSR count). The zero-order chi connectivity index (χ0) is 21.8. The molecule has 0 N–H and O–H groups in total. The van der Waals surface area contributed by atoms with Gasteiger partial charge in [0.25, 0.3) is 5.91 Å². The molecule has 0 unspecified atom stereocenters. The smallest absolute Gasteiger partial charge is 0.406 e. The summed E-state index contributed by atoms with van der Waals surface area (Å²) >= 11 is 0. The van der Waals surface area contributed by atoms with Gasteiger partial charge < -0.3 is 14.2 Å². The van der Waals surface area contributed by atoms with Gasteiger partial charge in [-0.2, -0.15) is 0 Å². The second kappa shape index (κ2) is 8.81. The summed E-state index contributed by atoms with van der Waals surface area (Å²) in [4.78, 5) is 16.6. The molecule has 0 radical (unpaired) electrons. The zero-order valence-corrected chi connectivity index (χ0v) is 16.5. The lowest BCUT2D eigenvalue weighted by molar-refractivity contribution is -0.274. The van der Waals surface area contributed by atoms with Gasteiger partial charge in [-0.3, -0.25) is 9.69 Å². The summed E-state index contributed by atoms with van der Waals surface area (Å²) in [5, 5.41) is 3.99. The Morgan fingerprint density at radius 2 is 1.68 bits per heavy atom. The van der Waals surface area contributed by atoms with Crippen molar-refractivity contribution in [3.05, 3.63) is 72.0 Å². The molecule has 1 amide bonds. The Bertz CT molecular complexity index is 1010. The molecule has 6 nitrogen and oxygen atoms in total. The van der Waals surface area contributed by atoms with Crippen molar-refractivity contribution in [1.82, 2.24) is 15.0 Å². The number of carbonyl (C=O) groups excluding carboxylic acids is 1. The number of benzene rings is 2. The van der Waals surface area contributed by atoms with Crippen LogP contribution in [0.15, 0.2) is 65.2 Å². The second-order valence-electron chi connectivity index (χ2n) is 7.20. The Balaban J connectivity index is 1.30. The molecule has 162 valence electrons. The van der Waals surface area contributed by atoms with E-state index < -0.39 is 6.36 Å². The topological polar surface area (TPSA) is 58.8 Å². The molecule has 3 aromatic rings. The predicted molar refractivity (Wildman–Crippen MR) is 106 cm³/mol. The number of aromatic nitrogens is 1. The average molecular weight is 431 g/mol. The molecule has 0 aliphatic carbocycles. The number of nitrogens with zero attached hydrogens (tertiary/aromatic N) is 3. The molecule has 0 bridgehead atoms. The van der Waals surface area contributed by atoms with E-state index in [-0.39, 0.29) is 17.4 Å². The number of carbonyl (C=O) groups is 1. The molecule has 0 spiro atoms. The van der Waals surface area contributed by atoms with Crippen LogP contribution in [0.2, 0.25) is 0 Å². The molecular formula is C22H20F3N3O3. The van der Waals surface area contributed by atoms with Crippen molar-refractivity contribution in [2.45, 2.75) is 12.9 Å². The Hall–Kier alpha value is -3.33. The predicted octanol–water partition coefficient (Wildman–Crippen LogP) is 4.20. The van der Waals surface area contributed by atoms with Crippen molar-refractivity contribution in [2.24, 2.45) is 0 Å². The highest BCUT2D eigenvalue weighted by atomic mass is 19.4. The van der Waals surface area contributed by atoms with Gasteiger partial charge in [0.2, 0.25) is 5.76 Å². The summed E-state index contributed by atoms with van der Waals surface area (Å²) in [6, 6.07) is 16.9. The zero-order valence-electron chi connectivity index (χ0n) is 16.5. The molecule has 1 aliphatic rings. The van der Waals surface area contributed by atoms with Crippen molar-refractivity contribution < 1.29 is 27.2 Å². The number of rotatable bonds is 5. The van der Waals surface area contributed by atoms with Crippen molar-refractivity contribution in [2.75, 3.05) is 26.2 Å². The van der Waals surface area contributed by atoms with Crippen LogP contribution >= 0.6 is 0 Å².